The van der Waals surface area contributed by atoms with E-state index in [9.17, 15) is 9.59 Å². The van der Waals surface area contributed by atoms with E-state index in [0.29, 0.717) is 5.02 Å². The predicted octanol–water partition coefficient (Wildman–Crippen LogP) is 1.51. The minimum absolute atomic E-state index is 0.0990. The first-order chi connectivity index (χ1) is 9.95. The number of hydrogen-bond acceptors (Lipinski definition) is 4. The Morgan fingerprint density at radius 3 is 2.62 bits per heavy atom. The Morgan fingerprint density at radius 1 is 1.38 bits per heavy atom. The number of carboxylic acid groups (broad SMARTS) is 1. The Labute approximate surface area is 125 Å². The second-order valence-corrected chi connectivity index (χ2v) is 4.88. The van der Waals surface area contributed by atoms with Gasteiger partial charge in [-0.25, -0.2) is 9.48 Å². The van der Waals surface area contributed by atoms with Gasteiger partial charge < -0.3 is 10.4 Å². The van der Waals surface area contributed by atoms with Crippen LogP contribution in [-0.4, -0.2) is 32.0 Å². The standard InChI is InChI=1S/C13H13ClN4O3/c1-8(9-2-4-10(14)5-3-9)15-12(19)7-18-6-11(13(20)21)16-17-18/h2-6,8H,7H2,1H3,(H,15,19)(H,20,21). The Bertz CT molecular complexity index is 654. The Balaban J connectivity index is 1.94. The van der Waals surface area contributed by atoms with E-state index in [-0.39, 0.29) is 24.2 Å². The monoisotopic (exact) mass is 308 g/mol. The van der Waals surface area contributed by atoms with Gasteiger partial charge >= 0.3 is 5.97 Å². The lowest BCUT2D eigenvalue weighted by molar-refractivity contribution is -0.122. The number of nitrogens with one attached hydrogen (secondary N) is 1. The van der Waals surface area contributed by atoms with Gasteiger partial charge in [0.25, 0.3) is 0 Å². The Hall–Kier alpha value is -2.41. The molecule has 0 radical (unpaired) electrons. The maximum atomic E-state index is 11.9. The molecule has 0 spiro atoms. The molecule has 1 heterocycles. The Morgan fingerprint density at radius 2 is 2.05 bits per heavy atom. The maximum absolute atomic E-state index is 11.9. The normalized spacial score (nSPS) is 11.9. The fourth-order valence-corrected chi connectivity index (χ4v) is 1.87. The molecule has 2 N–H and O–H groups in total. The van der Waals surface area contributed by atoms with Gasteiger partial charge in [0.2, 0.25) is 5.91 Å². The van der Waals surface area contributed by atoms with Crippen molar-refractivity contribution in [1.29, 1.82) is 0 Å². The number of halogens is 1. The highest BCUT2D eigenvalue weighted by Crippen LogP contribution is 2.15. The molecule has 0 bridgehead atoms. The largest absolute Gasteiger partial charge is 0.476 e. The van der Waals surface area contributed by atoms with Gasteiger partial charge in [0, 0.05) is 5.02 Å². The molecule has 0 saturated carbocycles. The highest BCUT2D eigenvalue weighted by molar-refractivity contribution is 6.30. The summed E-state index contributed by atoms with van der Waals surface area (Å²) in [6.45, 7) is 1.74. The van der Waals surface area contributed by atoms with Crippen molar-refractivity contribution in [2.45, 2.75) is 19.5 Å². The first-order valence-electron chi connectivity index (χ1n) is 6.14. The average Bonchev–Trinajstić information content (AvgIpc) is 2.87. The summed E-state index contributed by atoms with van der Waals surface area (Å²) < 4.78 is 1.17. The number of carbonyl (C=O) groups excluding carboxylic acids is 1. The molecular formula is C13H13ClN4O3. The molecule has 110 valence electrons. The molecule has 1 amide bonds. The maximum Gasteiger partial charge on any atom is 0.358 e. The zero-order valence-corrected chi connectivity index (χ0v) is 11.9. The molecule has 0 saturated heterocycles. The molecule has 1 aromatic heterocycles. The molecule has 1 aromatic carbocycles. The van der Waals surface area contributed by atoms with Crippen LogP contribution < -0.4 is 5.32 Å². The van der Waals surface area contributed by atoms with E-state index in [4.69, 9.17) is 16.7 Å². The van der Waals surface area contributed by atoms with E-state index < -0.39 is 5.97 Å². The lowest BCUT2D eigenvalue weighted by Crippen LogP contribution is -2.30. The number of nitrogens with zero attached hydrogens (tertiary/aromatic N) is 3. The van der Waals surface area contributed by atoms with Gasteiger partial charge in [0.05, 0.1) is 12.2 Å². The van der Waals surface area contributed by atoms with Crippen LogP contribution in [0.5, 0.6) is 0 Å². The first-order valence-corrected chi connectivity index (χ1v) is 6.52. The molecule has 7 nitrogen and oxygen atoms in total. The van der Waals surface area contributed by atoms with Gasteiger partial charge in [0.15, 0.2) is 5.69 Å². The molecule has 21 heavy (non-hydrogen) atoms. The molecule has 0 aliphatic heterocycles. The topological polar surface area (TPSA) is 97.1 Å². The summed E-state index contributed by atoms with van der Waals surface area (Å²) in [7, 11) is 0. The van der Waals surface area contributed by atoms with Crippen LogP contribution in [0.3, 0.4) is 0 Å². The molecule has 8 heteroatoms. The number of amides is 1. The summed E-state index contributed by atoms with van der Waals surface area (Å²) in [6.07, 6.45) is 1.20. The van der Waals surface area contributed by atoms with Crippen molar-refractivity contribution in [1.82, 2.24) is 20.3 Å². The van der Waals surface area contributed by atoms with Crippen LogP contribution in [-0.2, 0) is 11.3 Å². The molecule has 0 fully saturated rings. The van der Waals surface area contributed by atoms with Crippen molar-refractivity contribution in [2.75, 3.05) is 0 Å². The van der Waals surface area contributed by atoms with Gasteiger partial charge in [-0.15, -0.1) is 5.10 Å². The number of carbonyl (C=O) groups is 2. The third-order valence-electron chi connectivity index (χ3n) is 2.81. The molecule has 1 unspecified atom stereocenters. The summed E-state index contributed by atoms with van der Waals surface area (Å²) in [6, 6.07) is 6.94. The van der Waals surface area contributed by atoms with E-state index in [0.717, 1.165) is 5.56 Å². The van der Waals surface area contributed by atoms with Gasteiger partial charge in [0.1, 0.15) is 6.54 Å². The zero-order chi connectivity index (χ0) is 15.4. The van der Waals surface area contributed by atoms with Crippen LogP contribution in [0.25, 0.3) is 0 Å². The second-order valence-electron chi connectivity index (χ2n) is 4.45. The number of hydrogen-bond donors (Lipinski definition) is 2. The van der Waals surface area contributed by atoms with Crippen molar-refractivity contribution in [2.24, 2.45) is 0 Å². The van der Waals surface area contributed by atoms with Gasteiger partial charge in [-0.05, 0) is 24.6 Å². The van der Waals surface area contributed by atoms with Crippen molar-refractivity contribution in [3.8, 4) is 0 Å². The highest BCUT2D eigenvalue weighted by atomic mass is 35.5. The summed E-state index contributed by atoms with van der Waals surface area (Å²) in [5, 5.41) is 19.1. The van der Waals surface area contributed by atoms with Crippen molar-refractivity contribution < 1.29 is 14.7 Å². The number of benzene rings is 1. The third kappa shape index (κ3) is 4.03. The lowest BCUT2D eigenvalue weighted by atomic mass is 10.1. The first kappa shape index (κ1) is 15.0. The fourth-order valence-electron chi connectivity index (χ4n) is 1.74. The second kappa shape index (κ2) is 6.36. The quantitative estimate of drug-likeness (QED) is 0.872. The highest BCUT2D eigenvalue weighted by Gasteiger charge is 2.13. The number of aromatic nitrogens is 3. The molecular weight excluding hydrogens is 296 g/mol. The third-order valence-corrected chi connectivity index (χ3v) is 3.06. The minimum Gasteiger partial charge on any atom is -0.476 e. The summed E-state index contributed by atoms with van der Waals surface area (Å²) in [5.74, 6) is -1.48. The van der Waals surface area contributed by atoms with Crippen LogP contribution >= 0.6 is 11.6 Å². The van der Waals surface area contributed by atoms with Crippen LogP contribution in [0.4, 0.5) is 0 Å². The summed E-state index contributed by atoms with van der Waals surface area (Å²) in [4.78, 5) is 22.5. The molecule has 1 atom stereocenters. The van der Waals surface area contributed by atoms with Crippen LogP contribution in [0.1, 0.15) is 29.0 Å². The SMILES string of the molecule is CC(NC(=O)Cn1cc(C(=O)O)nn1)c1ccc(Cl)cc1. The molecule has 0 aliphatic carbocycles. The van der Waals surface area contributed by atoms with Crippen LogP contribution in [0.2, 0.25) is 5.02 Å². The predicted molar refractivity (Wildman–Crippen MR) is 75.0 cm³/mol. The van der Waals surface area contributed by atoms with Crippen LogP contribution in [0.15, 0.2) is 30.5 Å². The smallest absolute Gasteiger partial charge is 0.358 e. The molecule has 2 rings (SSSR count). The van der Waals surface area contributed by atoms with Crippen molar-refractivity contribution >= 4 is 23.5 Å². The van der Waals surface area contributed by atoms with E-state index >= 15 is 0 Å². The van der Waals surface area contributed by atoms with Crippen molar-refractivity contribution in [3.63, 3.8) is 0 Å². The molecule has 0 aliphatic rings. The zero-order valence-electron chi connectivity index (χ0n) is 11.2. The van der Waals surface area contributed by atoms with E-state index in [1.807, 2.05) is 19.1 Å². The van der Waals surface area contributed by atoms with Gasteiger partial charge in [-0.3, -0.25) is 4.79 Å². The molecule has 2 aromatic rings. The van der Waals surface area contributed by atoms with E-state index in [1.165, 1.54) is 10.9 Å². The number of carboxylic acids is 1. The Kier molecular flexibility index (Phi) is 4.54. The number of aromatic carboxylic acids is 1. The van der Waals surface area contributed by atoms with Gasteiger partial charge in [-0.2, -0.15) is 0 Å². The fraction of sp³-hybridized carbons (Fsp3) is 0.231. The average molecular weight is 309 g/mol. The van der Waals surface area contributed by atoms with E-state index in [2.05, 4.69) is 15.6 Å². The van der Waals surface area contributed by atoms with Crippen molar-refractivity contribution in [3.05, 3.63) is 46.7 Å². The summed E-state index contributed by atoms with van der Waals surface area (Å²) >= 11 is 5.80. The van der Waals surface area contributed by atoms with Gasteiger partial charge in [-0.1, -0.05) is 28.9 Å². The number of rotatable bonds is 5. The lowest BCUT2D eigenvalue weighted by Gasteiger charge is -2.14. The van der Waals surface area contributed by atoms with Crippen LogP contribution in [0, 0.1) is 0 Å². The summed E-state index contributed by atoms with van der Waals surface area (Å²) in [5.41, 5.74) is 0.714. The van der Waals surface area contributed by atoms with E-state index in [1.54, 1.807) is 12.1 Å². The minimum atomic E-state index is -1.18.